The normalized spacial score (nSPS) is 24.3. The molecule has 1 aromatic heterocycles. The van der Waals surface area contributed by atoms with Crippen molar-refractivity contribution in [2.24, 2.45) is 5.92 Å². The Labute approximate surface area is 110 Å². The Balaban J connectivity index is 2.07. The molecule has 0 spiro atoms. The highest BCUT2D eigenvalue weighted by Gasteiger charge is 2.21. The highest BCUT2D eigenvalue weighted by atomic mass is 16.5. The summed E-state index contributed by atoms with van der Waals surface area (Å²) in [5, 5.41) is 3.59. The average Bonchev–Trinajstić information content (AvgIpc) is 2.58. The molecule has 1 aliphatic carbocycles. The number of aromatic nitrogens is 1. The van der Waals surface area contributed by atoms with E-state index in [0.29, 0.717) is 18.6 Å². The topological polar surface area (TPSA) is 34.1 Å². The molecular formula is C15H24N2O. The van der Waals surface area contributed by atoms with Crippen LogP contribution >= 0.6 is 0 Å². The third-order valence-electron chi connectivity index (χ3n) is 3.75. The van der Waals surface area contributed by atoms with Crippen molar-refractivity contribution in [3.05, 3.63) is 18.3 Å². The van der Waals surface area contributed by atoms with Crippen LogP contribution in [0.15, 0.2) is 18.3 Å². The molecule has 1 fully saturated rings. The van der Waals surface area contributed by atoms with Gasteiger partial charge in [-0.1, -0.05) is 26.2 Å². The van der Waals surface area contributed by atoms with Gasteiger partial charge in [-0.3, -0.25) is 0 Å². The summed E-state index contributed by atoms with van der Waals surface area (Å²) < 4.78 is 5.62. The van der Waals surface area contributed by atoms with Crippen molar-refractivity contribution >= 4 is 5.82 Å². The molecule has 0 saturated heterocycles. The molecule has 3 nitrogen and oxygen atoms in total. The van der Waals surface area contributed by atoms with Crippen molar-refractivity contribution in [2.45, 2.75) is 52.0 Å². The molecule has 2 atom stereocenters. The number of nitrogens with one attached hydrogen (secondary N) is 1. The zero-order chi connectivity index (χ0) is 12.8. The van der Waals surface area contributed by atoms with Crippen molar-refractivity contribution in [1.29, 1.82) is 0 Å². The van der Waals surface area contributed by atoms with E-state index in [9.17, 15) is 0 Å². The fraction of sp³-hybridized carbons (Fsp3) is 0.667. The monoisotopic (exact) mass is 248 g/mol. The molecule has 2 rings (SSSR count). The van der Waals surface area contributed by atoms with Gasteiger partial charge in [0.2, 0.25) is 0 Å². The molecule has 0 aromatic carbocycles. The number of nitrogens with zero attached hydrogens (tertiary/aromatic N) is 1. The molecule has 1 aromatic rings. The van der Waals surface area contributed by atoms with Crippen LogP contribution in [0, 0.1) is 5.92 Å². The highest BCUT2D eigenvalue weighted by Crippen LogP contribution is 2.28. The fourth-order valence-corrected chi connectivity index (χ4v) is 2.65. The van der Waals surface area contributed by atoms with Crippen molar-refractivity contribution in [2.75, 3.05) is 11.9 Å². The molecular weight excluding hydrogens is 224 g/mol. The van der Waals surface area contributed by atoms with Crippen LogP contribution in [-0.4, -0.2) is 17.6 Å². The lowest BCUT2D eigenvalue weighted by Gasteiger charge is -2.24. The molecule has 2 unspecified atom stereocenters. The van der Waals surface area contributed by atoms with Crippen LogP contribution in [0.25, 0.3) is 0 Å². The van der Waals surface area contributed by atoms with Crippen LogP contribution in [-0.2, 0) is 0 Å². The minimum Gasteiger partial charge on any atom is -0.490 e. The third-order valence-corrected chi connectivity index (χ3v) is 3.75. The number of ether oxygens (including phenoxy) is 1. The quantitative estimate of drug-likeness (QED) is 0.821. The minimum absolute atomic E-state index is 0.529. The van der Waals surface area contributed by atoms with E-state index >= 15 is 0 Å². The van der Waals surface area contributed by atoms with Crippen LogP contribution in [0.2, 0.25) is 0 Å². The predicted molar refractivity (Wildman–Crippen MR) is 75.1 cm³/mol. The molecule has 3 heteroatoms. The standard InChI is InChI=1S/C15H24N2O/c1-3-18-14-10-7-11-16-15(14)17-13-9-6-4-5-8-12(13)2/h7,10-13H,3-6,8-9H2,1-2H3,(H,16,17). The largest absolute Gasteiger partial charge is 0.490 e. The zero-order valence-electron chi connectivity index (χ0n) is 11.5. The average molecular weight is 248 g/mol. The van der Waals surface area contributed by atoms with Gasteiger partial charge in [0.05, 0.1) is 6.61 Å². The van der Waals surface area contributed by atoms with Gasteiger partial charge in [-0.05, 0) is 37.8 Å². The summed E-state index contributed by atoms with van der Waals surface area (Å²) in [5.41, 5.74) is 0. The van der Waals surface area contributed by atoms with E-state index in [0.717, 1.165) is 11.6 Å². The lowest BCUT2D eigenvalue weighted by atomic mass is 9.97. The van der Waals surface area contributed by atoms with Gasteiger partial charge < -0.3 is 10.1 Å². The van der Waals surface area contributed by atoms with Gasteiger partial charge in [-0.25, -0.2) is 4.98 Å². The van der Waals surface area contributed by atoms with Gasteiger partial charge >= 0.3 is 0 Å². The van der Waals surface area contributed by atoms with Gasteiger partial charge in [0, 0.05) is 12.2 Å². The van der Waals surface area contributed by atoms with Crippen molar-refractivity contribution in [3.8, 4) is 5.75 Å². The van der Waals surface area contributed by atoms with Gasteiger partial charge in [0.15, 0.2) is 11.6 Å². The molecule has 1 saturated carbocycles. The van der Waals surface area contributed by atoms with E-state index in [2.05, 4.69) is 17.2 Å². The molecule has 0 radical (unpaired) electrons. The predicted octanol–water partition coefficient (Wildman–Crippen LogP) is 3.86. The van der Waals surface area contributed by atoms with Gasteiger partial charge in [-0.15, -0.1) is 0 Å². The molecule has 1 N–H and O–H groups in total. The van der Waals surface area contributed by atoms with Gasteiger partial charge in [0.1, 0.15) is 0 Å². The van der Waals surface area contributed by atoms with E-state index in [1.807, 2.05) is 25.3 Å². The maximum Gasteiger partial charge on any atom is 0.168 e. The summed E-state index contributed by atoms with van der Waals surface area (Å²) in [6.45, 7) is 5.03. The molecule has 0 amide bonds. The lowest BCUT2D eigenvalue weighted by Crippen LogP contribution is -2.27. The Morgan fingerprint density at radius 3 is 3.00 bits per heavy atom. The first-order valence-electron chi connectivity index (χ1n) is 7.15. The van der Waals surface area contributed by atoms with Crippen molar-refractivity contribution in [3.63, 3.8) is 0 Å². The van der Waals surface area contributed by atoms with Gasteiger partial charge in [-0.2, -0.15) is 0 Å². The van der Waals surface area contributed by atoms with Crippen molar-refractivity contribution < 1.29 is 4.74 Å². The molecule has 0 bridgehead atoms. The Bertz CT molecular complexity index is 367. The SMILES string of the molecule is CCOc1cccnc1NC1CCCCCC1C. The van der Waals surface area contributed by atoms with Crippen LogP contribution in [0.1, 0.15) is 46.0 Å². The van der Waals surface area contributed by atoms with Gasteiger partial charge in [0.25, 0.3) is 0 Å². The molecule has 1 aliphatic rings. The maximum absolute atomic E-state index is 5.62. The number of pyridine rings is 1. The number of hydrogen-bond acceptors (Lipinski definition) is 3. The van der Waals surface area contributed by atoms with Crippen LogP contribution in [0.3, 0.4) is 0 Å². The first-order valence-corrected chi connectivity index (χ1v) is 7.15. The second kappa shape index (κ2) is 6.62. The van der Waals surface area contributed by atoms with Crippen LogP contribution < -0.4 is 10.1 Å². The molecule has 0 aliphatic heterocycles. The van der Waals surface area contributed by atoms with E-state index in [1.165, 1.54) is 32.1 Å². The maximum atomic E-state index is 5.62. The molecule has 1 heterocycles. The summed E-state index contributed by atoms with van der Waals surface area (Å²) in [6.07, 6.45) is 8.42. The summed E-state index contributed by atoms with van der Waals surface area (Å²) in [5.74, 6) is 2.48. The smallest absolute Gasteiger partial charge is 0.168 e. The minimum atomic E-state index is 0.529. The zero-order valence-corrected chi connectivity index (χ0v) is 11.5. The summed E-state index contributed by atoms with van der Waals surface area (Å²) in [6, 6.07) is 4.44. The van der Waals surface area contributed by atoms with Crippen LogP contribution in [0.4, 0.5) is 5.82 Å². The first-order chi connectivity index (χ1) is 8.81. The van der Waals surface area contributed by atoms with E-state index < -0.39 is 0 Å². The van der Waals surface area contributed by atoms with E-state index in [1.54, 1.807) is 0 Å². The second-order valence-corrected chi connectivity index (χ2v) is 5.15. The first kappa shape index (κ1) is 13.2. The second-order valence-electron chi connectivity index (χ2n) is 5.15. The Kier molecular flexibility index (Phi) is 4.85. The van der Waals surface area contributed by atoms with E-state index in [-0.39, 0.29) is 0 Å². The number of anilines is 1. The summed E-state index contributed by atoms with van der Waals surface area (Å²) in [4.78, 5) is 4.42. The molecule has 100 valence electrons. The van der Waals surface area contributed by atoms with Crippen LogP contribution in [0.5, 0.6) is 5.75 Å². The fourth-order valence-electron chi connectivity index (χ4n) is 2.65. The Morgan fingerprint density at radius 2 is 2.17 bits per heavy atom. The van der Waals surface area contributed by atoms with E-state index in [4.69, 9.17) is 4.74 Å². The lowest BCUT2D eigenvalue weighted by molar-refractivity contribution is 0.339. The van der Waals surface area contributed by atoms with Crippen molar-refractivity contribution in [1.82, 2.24) is 4.98 Å². The summed E-state index contributed by atoms with van der Waals surface area (Å²) in [7, 11) is 0. The Hall–Kier alpha value is -1.25. The summed E-state index contributed by atoms with van der Waals surface area (Å²) >= 11 is 0. The molecule has 18 heavy (non-hydrogen) atoms. The number of hydrogen-bond donors (Lipinski definition) is 1. The number of rotatable bonds is 4. The highest BCUT2D eigenvalue weighted by molar-refractivity contribution is 5.50. The third kappa shape index (κ3) is 3.37. The Morgan fingerprint density at radius 1 is 1.33 bits per heavy atom.